The van der Waals surface area contributed by atoms with E-state index in [0.29, 0.717) is 5.54 Å². The summed E-state index contributed by atoms with van der Waals surface area (Å²) in [5.41, 5.74) is 6.70. The van der Waals surface area contributed by atoms with Crippen molar-refractivity contribution in [1.29, 1.82) is 0 Å². The molecular weight excluding hydrogens is 244 g/mol. The fourth-order valence-corrected chi connectivity index (χ4v) is 5.45. The minimum absolute atomic E-state index is 0.367. The number of nitrogens with two attached hydrogens (primary N) is 1. The van der Waals surface area contributed by atoms with Crippen molar-refractivity contribution in [2.45, 2.75) is 89.1 Å². The molecule has 20 heavy (non-hydrogen) atoms. The van der Waals surface area contributed by atoms with Crippen LogP contribution in [0.15, 0.2) is 0 Å². The van der Waals surface area contributed by atoms with E-state index in [-0.39, 0.29) is 0 Å². The van der Waals surface area contributed by atoms with Gasteiger partial charge in [0.1, 0.15) is 0 Å². The van der Waals surface area contributed by atoms with Gasteiger partial charge >= 0.3 is 0 Å². The van der Waals surface area contributed by atoms with E-state index in [1.54, 1.807) is 0 Å². The second-order valence-corrected chi connectivity index (χ2v) is 7.73. The largest absolute Gasteiger partial charge is 0.329 e. The smallest absolute Gasteiger partial charge is 0.0335 e. The van der Waals surface area contributed by atoms with Gasteiger partial charge in [-0.3, -0.25) is 4.90 Å². The van der Waals surface area contributed by atoms with E-state index >= 15 is 0 Å². The monoisotopic (exact) mass is 278 g/mol. The number of nitrogens with zero attached hydrogens (tertiary/aromatic N) is 1. The Hall–Kier alpha value is -0.0800. The van der Waals surface area contributed by atoms with Gasteiger partial charge in [-0.15, -0.1) is 0 Å². The number of piperidine rings is 1. The van der Waals surface area contributed by atoms with Gasteiger partial charge in [0.05, 0.1) is 0 Å². The standard InChI is InChI=1S/C18H34N2/c1-2-15-9-11-18(14-19,12-10-15)20-13-5-7-16-6-3-4-8-17(16)20/h15-17H,2-14,19H2,1H3/t15?,16-,17-,18?/m1/s1. The molecule has 3 fully saturated rings. The quantitative estimate of drug-likeness (QED) is 0.847. The van der Waals surface area contributed by atoms with E-state index in [2.05, 4.69) is 11.8 Å². The minimum atomic E-state index is 0.367. The average Bonchev–Trinajstić information content (AvgIpc) is 2.54. The average molecular weight is 278 g/mol. The van der Waals surface area contributed by atoms with Crippen LogP contribution in [0.1, 0.15) is 77.6 Å². The molecule has 2 nitrogen and oxygen atoms in total. The number of hydrogen-bond acceptors (Lipinski definition) is 2. The Morgan fingerprint density at radius 1 is 1.00 bits per heavy atom. The number of rotatable bonds is 3. The molecule has 1 saturated heterocycles. The predicted molar refractivity (Wildman–Crippen MR) is 85.7 cm³/mol. The van der Waals surface area contributed by atoms with Crippen molar-refractivity contribution in [3.63, 3.8) is 0 Å². The first-order valence-electron chi connectivity index (χ1n) is 9.26. The van der Waals surface area contributed by atoms with Gasteiger partial charge in [-0.05, 0) is 69.7 Å². The molecule has 116 valence electrons. The highest BCUT2D eigenvalue weighted by molar-refractivity contribution is 5.01. The second-order valence-electron chi connectivity index (χ2n) is 7.73. The predicted octanol–water partition coefficient (Wildman–Crippen LogP) is 3.94. The summed E-state index contributed by atoms with van der Waals surface area (Å²) in [5, 5.41) is 0. The number of hydrogen-bond donors (Lipinski definition) is 1. The molecule has 2 N–H and O–H groups in total. The lowest BCUT2D eigenvalue weighted by molar-refractivity contribution is -0.0491. The topological polar surface area (TPSA) is 29.3 Å². The van der Waals surface area contributed by atoms with Crippen molar-refractivity contribution in [2.75, 3.05) is 13.1 Å². The third-order valence-electron chi connectivity index (χ3n) is 6.85. The zero-order valence-corrected chi connectivity index (χ0v) is 13.4. The van der Waals surface area contributed by atoms with Crippen molar-refractivity contribution in [1.82, 2.24) is 4.90 Å². The van der Waals surface area contributed by atoms with Crippen molar-refractivity contribution in [3.8, 4) is 0 Å². The maximum atomic E-state index is 6.34. The summed E-state index contributed by atoms with van der Waals surface area (Å²) in [6.07, 6.45) is 15.7. The lowest BCUT2D eigenvalue weighted by atomic mass is 9.70. The molecule has 0 spiro atoms. The van der Waals surface area contributed by atoms with E-state index < -0.39 is 0 Å². The highest BCUT2D eigenvalue weighted by atomic mass is 15.2. The Morgan fingerprint density at radius 2 is 1.70 bits per heavy atom. The van der Waals surface area contributed by atoms with Crippen LogP contribution in [0.2, 0.25) is 0 Å². The summed E-state index contributed by atoms with van der Waals surface area (Å²) in [4.78, 5) is 2.92. The summed E-state index contributed by atoms with van der Waals surface area (Å²) in [6, 6.07) is 0.874. The summed E-state index contributed by atoms with van der Waals surface area (Å²) >= 11 is 0. The molecule has 1 heterocycles. The van der Waals surface area contributed by atoms with Crippen LogP contribution in [-0.2, 0) is 0 Å². The van der Waals surface area contributed by atoms with Crippen molar-refractivity contribution in [3.05, 3.63) is 0 Å². The first kappa shape index (κ1) is 14.8. The Bertz CT molecular complexity index is 305. The number of likely N-dealkylation sites (tertiary alicyclic amines) is 1. The van der Waals surface area contributed by atoms with Crippen LogP contribution in [0.3, 0.4) is 0 Å². The van der Waals surface area contributed by atoms with Crippen molar-refractivity contribution < 1.29 is 0 Å². The zero-order chi connectivity index (χ0) is 14.0. The molecule has 2 saturated carbocycles. The Labute approximate surface area is 125 Å². The van der Waals surface area contributed by atoms with Crippen LogP contribution < -0.4 is 5.73 Å². The van der Waals surface area contributed by atoms with Crippen LogP contribution in [0.25, 0.3) is 0 Å². The molecule has 0 radical (unpaired) electrons. The lowest BCUT2D eigenvalue weighted by Crippen LogP contribution is -2.63. The molecule has 3 rings (SSSR count). The van der Waals surface area contributed by atoms with E-state index in [0.717, 1.165) is 24.4 Å². The Balaban J connectivity index is 1.74. The molecule has 0 aromatic heterocycles. The highest BCUT2D eigenvalue weighted by Gasteiger charge is 2.45. The summed E-state index contributed by atoms with van der Waals surface area (Å²) in [5.74, 6) is 1.96. The van der Waals surface area contributed by atoms with Gasteiger partial charge in [-0.25, -0.2) is 0 Å². The van der Waals surface area contributed by atoms with Gasteiger partial charge in [-0.1, -0.05) is 26.2 Å². The van der Waals surface area contributed by atoms with E-state index in [1.807, 2.05) is 0 Å². The van der Waals surface area contributed by atoms with Gasteiger partial charge in [0.25, 0.3) is 0 Å². The molecule has 2 atom stereocenters. The van der Waals surface area contributed by atoms with Crippen molar-refractivity contribution in [2.24, 2.45) is 17.6 Å². The third-order valence-corrected chi connectivity index (χ3v) is 6.85. The molecular formula is C18H34N2. The van der Waals surface area contributed by atoms with Gasteiger partial charge in [0.15, 0.2) is 0 Å². The van der Waals surface area contributed by atoms with Crippen molar-refractivity contribution >= 4 is 0 Å². The van der Waals surface area contributed by atoms with Crippen LogP contribution in [0.4, 0.5) is 0 Å². The lowest BCUT2D eigenvalue weighted by Gasteiger charge is -2.56. The minimum Gasteiger partial charge on any atom is -0.329 e. The molecule has 0 unspecified atom stereocenters. The van der Waals surface area contributed by atoms with Gasteiger partial charge in [0, 0.05) is 18.1 Å². The Morgan fingerprint density at radius 3 is 2.40 bits per heavy atom. The fraction of sp³-hybridized carbons (Fsp3) is 1.00. The van der Waals surface area contributed by atoms with Gasteiger partial charge in [0.2, 0.25) is 0 Å². The molecule has 0 amide bonds. The molecule has 3 aliphatic rings. The SMILES string of the molecule is CCC1CCC(CN)(N2CCC[C@H]3CCCC[C@H]32)CC1. The van der Waals surface area contributed by atoms with Gasteiger partial charge in [-0.2, -0.15) is 0 Å². The molecule has 0 aromatic carbocycles. The van der Waals surface area contributed by atoms with E-state index in [4.69, 9.17) is 5.73 Å². The normalized spacial score (nSPS) is 43.2. The van der Waals surface area contributed by atoms with Crippen LogP contribution in [-0.4, -0.2) is 29.6 Å². The number of fused-ring (bicyclic) bond motifs is 1. The highest BCUT2D eigenvalue weighted by Crippen LogP contribution is 2.44. The fourth-order valence-electron chi connectivity index (χ4n) is 5.45. The maximum absolute atomic E-state index is 6.34. The van der Waals surface area contributed by atoms with Crippen LogP contribution in [0.5, 0.6) is 0 Å². The molecule has 1 aliphatic heterocycles. The third kappa shape index (κ3) is 2.66. The van der Waals surface area contributed by atoms with Crippen LogP contribution >= 0.6 is 0 Å². The Kier molecular flexibility index (Phi) is 4.72. The second kappa shape index (κ2) is 6.36. The van der Waals surface area contributed by atoms with E-state index in [1.165, 1.54) is 77.2 Å². The molecule has 0 aromatic rings. The van der Waals surface area contributed by atoms with Gasteiger partial charge < -0.3 is 5.73 Å². The van der Waals surface area contributed by atoms with E-state index in [9.17, 15) is 0 Å². The first-order valence-corrected chi connectivity index (χ1v) is 9.26. The maximum Gasteiger partial charge on any atom is 0.0335 e. The molecule has 0 bridgehead atoms. The van der Waals surface area contributed by atoms with Crippen LogP contribution in [0, 0.1) is 11.8 Å². The molecule has 2 aliphatic carbocycles. The summed E-state index contributed by atoms with van der Waals surface area (Å²) in [7, 11) is 0. The summed E-state index contributed by atoms with van der Waals surface area (Å²) < 4.78 is 0. The first-order chi connectivity index (χ1) is 9.79. The zero-order valence-electron chi connectivity index (χ0n) is 13.4. The summed E-state index contributed by atoms with van der Waals surface area (Å²) in [6.45, 7) is 4.58. The molecule has 2 heteroatoms.